The molecule has 1 aromatic heterocycles. The van der Waals surface area contributed by atoms with Crippen LogP contribution in [0, 0.1) is 12.8 Å². The van der Waals surface area contributed by atoms with Gasteiger partial charge in [-0.2, -0.15) is 4.98 Å². The monoisotopic (exact) mass is 347 g/mol. The van der Waals surface area contributed by atoms with Crippen LogP contribution in [0.5, 0.6) is 5.88 Å². The summed E-state index contributed by atoms with van der Waals surface area (Å²) in [5.41, 5.74) is 8.66. The van der Waals surface area contributed by atoms with Crippen molar-refractivity contribution in [2.24, 2.45) is 5.92 Å². The van der Waals surface area contributed by atoms with Crippen LogP contribution in [0.25, 0.3) is 0 Å². The number of pyridine rings is 1. The van der Waals surface area contributed by atoms with Gasteiger partial charge in [0.25, 0.3) is 0 Å². The minimum atomic E-state index is 0.513. The zero-order valence-electron chi connectivity index (χ0n) is 11.9. The first kappa shape index (κ1) is 14.2. The summed E-state index contributed by atoms with van der Waals surface area (Å²) in [5.74, 6) is 1.92. The van der Waals surface area contributed by atoms with Crippen LogP contribution < -0.4 is 15.8 Å². The molecule has 3 rings (SSSR count). The maximum atomic E-state index is 5.92. The highest BCUT2D eigenvalue weighted by Gasteiger charge is 2.22. The number of nitrogen functional groups attached to an aromatic ring is 1. The second-order valence-electron chi connectivity index (χ2n) is 5.43. The number of rotatable bonds is 5. The lowest BCUT2D eigenvalue weighted by molar-refractivity contribution is 0.290. The molecule has 1 aliphatic rings. The van der Waals surface area contributed by atoms with Gasteiger partial charge in [0, 0.05) is 10.2 Å². The molecule has 1 aliphatic carbocycles. The van der Waals surface area contributed by atoms with Crippen molar-refractivity contribution in [2.45, 2.75) is 19.8 Å². The third kappa shape index (κ3) is 3.67. The number of hydrogen-bond donors (Lipinski definition) is 2. The van der Waals surface area contributed by atoms with Gasteiger partial charge in [0.15, 0.2) is 0 Å². The molecule has 0 atom stereocenters. The lowest BCUT2D eigenvalue weighted by atomic mass is 10.2. The van der Waals surface area contributed by atoms with Gasteiger partial charge >= 0.3 is 0 Å². The predicted molar refractivity (Wildman–Crippen MR) is 89.0 cm³/mol. The van der Waals surface area contributed by atoms with E-state index in [1.165, 1.54) is 12.8 Å². The molecule has 1 fully saturated rings. The largest absolute Gasteiger partial charge is 0.476 e. The van der Waals surface area contributed by atoms with Crippen LogP contribution in [-0.2, 0) is 0 Å². The SMILES string of the molecule is Cc1ccc(Br)cc1Nc1ccc(N)c(OCC2CC2)n1. The van der Waals surface area contributed by atoms with Gasteiger partial charge in [-0.25, -0.2) is 0 Å². The zero-order valence-corrected chi connectivity index (χ0v) is 13.5. The molecule has 0 unspecified atom stereocenters. The Morgan fingerprint density at radius 2 is 2.14 bits per heavy atom. The minimum absolute atomic E-state index is 0.513. The summed E-state index contributed by atoms with van der Waals surface area (Å²) in [5, 5.41) is 3.31. The van der Waals surface area contributed by atoms with Crippen molar-refractivity contribution in [3.05, 3.63) is 40.4 Å². The molecule has 5 heteroatoms. The zero-order chi connectivity index (χ0) is 14.8. The lowest BCUT2D eigenvalue weighted by Gasteiger charge is -2.12. The molecule has 2 aromatic rings. The summed E-state index contributed by atoms with van der Waals surface area (Å²) in [6.45, 7) is 2.76. The molecule has 110 valence electrons. The van der Waals surface area contributed by atoms with E-state index in [0.29, 0.717) is 24.1 Å². The highest BCUT2D eigenvalue weighted by atomic mass is 79.9. The maximum absolute atomic E-state index is 5.92. The number of benzene rings is 1. The summed E-state index contributed by atoms with van der Waals surface area (Å²) in [7, 11) is 0. The van der Waals surface area contributed by atoms with E-state index in [1.54, 1.807) is 0 Å². The van der Waals surface area contributed by atoms with Crippen LogP contribution in [0.3, 0.4) is 0 Å². The highest BCUT2D eigenvalue weighted by molar-refractivity contribution is 9.10. The molecule has 0 saturated heterocycles. The second kappa shape index (κ2) is 5.93. The Kier molecular flexibility index (Phi) is 4.01. The molecule has 21 heavy (non-hydrogen) atoms. The van der Waals surface area contributed by atoms with Crippen molar-refractivity contribution in [2.75, 3.05) is 17.7 Å². The van der Waals surface area contributed by atoms with Crippen molar-refractivity contribution < 1.29 is 4.74 Å². The first-order valence-electron chi connectivity index (χ1n) is 7.04. The Balaban J connectivity index is 1.78. The molecule has 1 saturated carbocycles. The van der Waals surface area contributed by atoms with Gasteiger partial charge in [-0.05, 0) is 55.5 Å². The van der Waals surface area contributed by atoms with E-state index in [0.717, 1.165) is 21.5 Å². The van der Waals surface area contributed by atoms with Gasteiger partial charge < -0.3 is 15.8 Å². The standard InChI is InChI=1S/C16H18BrN3O/c1-10-2-5-12(17)8-14(10)19-15-7-6-13(18)16(20-15)21-9-11-3-4-11/h2,5-8,11H,3-4,9,18H2,1H3,(H,19,20). The molecular weight excluding hydrogens is 330 g/mol. The Bertz CT molecular complexity index is 656. The molecule has 1 heterocycles. The Hall–Kier alpha value is -1.75. The van der Waals surface area contributed by atoms with E-state index in [2.05, 4.69) is 33.2 Å². The molecule has 1 aromatic carbocycles. The van der Waals surface area contributed by atoms with Crippen molar-refractivity contribution >= 4 is 33.1 Å². The predicted octanol–water partition coefficient (Wildman–Crippen LogP) is 4.27. The van der Waals surface area contributed by atoms with Crippen LogP contribution in [0.2, 0.25) is 0 Å². The molecule has 0 bridgehead atoms. The van der Waals surface area contributed by atoms with Gasteiger partial charge in [0.05, 0.1) is 12.3 Å². The molecule has 4 nitrogen and oxygen atoms in total. The summed E-state index contributed by atoms with van der Waals surface area (Å²) >= 11 is 3.48. The van der Waals surface area contributed by atoms with Crippen LogP contribution in [0.15, 0.2) is 34.8 Å². The number of anilines is 3. The molecule has 0 spiro atoms. The molecule has 3 N–H and O–H groups in total. The molecule has 0 radical (unpaired) electrons. The van der Waals surface area contributed by atoms with Gasteiger partial charge in [-0.1, -0.05) is 22.0 Å². The average Bonchev–Trinajstić information content (AvgIpc) is 3.27. The fraction of sp³-hybridized carbons (Fsp3) is 0.312. The van der Waals surface area contributed by atoms with Crippen LogP contribution in [0.4, 0.5) is 17.2 Å². The minimum Gasteiger partial charge on any atom is -0.476 e. The smallest absolute Gasteiger partial charge is 0.239 e. The number of nitrogens with zero attached hydrogens (tertiary/aromatic N) is 1. The fourth-order valence-electron chi connectivity index (χ4n) is 1.98. The van der Waals surface area contributed by atoms with Gasteiger partial charge in [-0.3, -0.25) is 0 Å². The number of halogens is 1. The normalized spacial score (nSPS) is 14.0. The Morgan fingerprint density at radius 3 is 2.90 bits per heavy atom. The van der Waals surface area contributed by atoms with E-state index in [9.17, 15) is 0 Å². The summed E-state index contributed by atoms with van der Waals surface area (Å²) in [4.78, 5) is 4.46. The quantitative estimate of drug-likeness (QED) is 0.847. The van der Waals surface area contributed by atoms with Crippen molar-refractivity contribution in [3.63, 3.8) is 0 Å². The third-order valence-electron chi connectivity index (χ3n) is 3.50. The summed E-state index contributed by atoms with van der Waals surface area (Å²) in [6, 6.07) is 9.78. The van der Waals surface area contributed by atoms with E-state index in [1.807, 2.05) is 30.3 Å². The van der Waals surface area contributed by atoms with Crippen LogP contribution in [-0.4, -0.2) is 11.6 Å². The maximum Gasteiger partial charge on any atom is 0.239 e. The van der Waals surface area contributed by atoms with Crippen molar-refractivity contribution in [1.82, 2.24) is 4.98 Å². The lowest BCUT2D eigenvalue weighted by Crippen LogP contribution is -2.05. The van der Waals surface area contributed by atoms with E-state index < -0.39 is 0 Å². The van der Waals surface area contributed by atoms with Gasteiger partial charge in [0.1, 0.15) is 5.82 Å². The van der Waals surface area contributed by atoms with E-state index in [4.69, 9.17) is 10.5 Å². The van der Waals surface area contributed by atoms with Crippen molar-refractivity contribution in [1.29, 1.82) is 0 Å². The Morgan fingerprint density at radius 1 is 1.33 bits per heavy atom. The topological polar surface area (TPSA) is 60.2 Å². The van der Waals surface area contributed by atoms with Crippen LogP contribution >= 0.6 is 15.9 Å². The third-order valence-corrected chi connectivity index (χ3v) is 4.00. The first-order valence-corrected chi connectivity index (χ1v) is 7.83. The van der Waals surface area contributed by atoms with Crippen LogP contribution in [0.1, 0.15) is 18.4 Å². The Labute approximate surface area is 132 Å². The first-order chi connectivity index (χ1) is 10.1. The van der Waals surface area contributed by atoms with E-state index in [-0.39, 0.29) is 0 Å². The number of ether oxygens (including phenoxy) is 1. The number of nitrogens with one attached hydrogen (secondary N) is 1. The summed E-state index contributed by atoms with van der Waals surface area (Å²) in [6.07, 6.45) is 2.49. The fourth-order valence-corrected chi connectivity index (χ4v) is 2.35. The molecule has 0 aliphatic heterocycles. The van der Waals surface area contributed by atoms with Gasteiger partial charge in [0.2, 0.25) is 5.88 Å². The highest BCUT2D eigenvalue weighted by Crippen LogP contribution is 2.31. The number of aromatic nitrogens is 1. The summed E-state index contributed by atoms with van der Waals surface area (Å²) < 4.78 is 6.73. The number of nitrogens with two attached hydrogens (primary N) is 1. The number of aryl methyl sites for hydroxylation is 1. The second-order valence-corrected chi connectivity index (χ2v) is 6.35. The van der Waals surface area contributed by atoms with Gasteiger partial charge in [-0.15, -0.1) is 0 Å². The average molecular weight is 348 g/mol. The molecule has 0 amide bonds. The number of hydrogen-bond acceptors (Lipinski definition) is 4. The molecular formula is C16H18BrN3O. The van der Waals surface area contributed by atoms with E-state index >= 15 is 0 Å². The van der Waals surface area contributed by atoms with Crippen molar-refractivity contribution in [3.8, 4) is 5.88 Å².